The molecule has 0 aliphatic carbocycles. The van der Waals surface area contributed by atoms with E-state index in [4.69, 9.17) is 4.84 Å². The van der Waals surface area contributed by atoms with Gasteiger partial charge in [-0.05, 0) is 16.3 Å². The minimum absolute atomic E-state index is 0.0755. The summed E-state index contributed by atoms with van der Waals surface area (Å²) in [6, 6.07) is 13.8. The lowest BCUT2D eigenvalue weighted by molar-refractivity contribution is -0.167. The molecule has 1 N–H and O–H groups in total. The van der Waals surface area contributed by atoms with Crippen LogP contribution in [-0.4, -0.2) is 37.6 Å². The number of fused-ring (bicyclic) bond motifs is 1. The summed E-state index contributed by atoms with van der Waals surface area (Å²) >= 11 is 0. The lowest BCUT2D eigenvalue weighted by Crippen LogP contribution is -2.38. The van der Waals surface area contributed by atoms with Gasteiger partial charge in [-0.1, -0.05) is 42.5 Å². The third-order valence-corrected chi connectivity index (χ3v) is 3.29. The zero-order chi connectivity index (χ0) is 15.2. The fraction of sp³-hybridized carbons (Fsp3) is 0.250. The number of amides is 2. The first-order valence-corrected chi connectivity index (χ1v) is 6.66. The van der Waals surface area contributed by atoms with E-state index < -0.39 is 0 Å². The summed E-state index contributed by atoms with van der Waals surface area (Å²) in [5.74, 6) is -0.493. The van der Waals surface area contributed by atoms with E-state index in [0.29, 0.717) is 0 Å². The molecule has 0 bridgehead atoms. The molecule has 0 saturated heterocycles. The lowest BCUT2D eigenvalue weighted by atomic mass is 10.0. The number of benzene rings is 2. The maximum absolute atomic E-state index is 11.9. The molecule has 5 heteroatoms. The molecule has 0 aliphatic heterocycles. The smallest absolute Gasteiger partial charge is 0.265 e. The normalized spacial score (nSPS) is 10.4. The van der Waals surface area contributed by atoms with Gasteiger partial charge < -0.3 is 5.32 Å². The highest BCUT2D eigenvalue weighted by Gasteiger charge is 2.11. The van der Waals surface area contributed by atoms with Crippen molar-refractivity contribution < 1.29 is 14.4 Å². The van der Waals surface area contributed by atoms with Gasteiger partial charge >= 0.3 is 0 Å². The zero-order valence-electron chi connectivity index (χ0n) is 12.1. The molecule has 0 aromatic heterocycles. The molecule has 0 saturated carbocycles. The molecule has 5 nitrogen and oxygen atoms in total. The van der Waals surface area contributed by atoms with Gasteiger partial charge in [-0.3, -0.25) is 14.4 Å². The van der Waals surface area contributed by atoms with Gasteiger partial charge in [0.05, 0.1) is 20.1 Å². The summed E-state index contributed by atoms with van der Waals surface area (Å²) in [5, 5.41) is 5.83. The van der Waals surface area contributed by atoms with Gasteiger partial charge in [0.1, 0.15) is 0 Å². The summed E-state index contributed by atoms with van der Waals surface area (Å²) in [7, 11) is 2.90. The predicted molar refractivity (Wildman–Crippen MR) is 80.4 cm³/mol. The average molecular weight is 286 g/mol. The monoisotopic (exact) mass is 286 g/mol. The number of nitrogens with zero attached hydrogens (tertiary/aromatic N) is 1. The van der Waals surface area contributed by atoms with Crippen molar-refractivity contribution >= 4 is 22.6 Å². The highest BCUT2D eigenvalue weighted by molar-refractivity contribution is 5.91. The third kappa shape index (κ3) is 3.79. The summed E-state index contributed by atoms with van der Waals surface area (Å²) in [4.78, 5) is 28.2. The molecule has 0 spiro atoms. The first-order chi connectivity index (χ1) is 10.1. The second-order valence-electron chi connectivity index (χ2n) is 4.67. The molecule has 0 atom stereocenters. The number of hydrogen-bond donors (Lipinski definition) is 1. The van der Waals surface area contributed by atoms with Crippen molar-refractivity contribution in [3.63, 3.8) is 0 Å². The fourth-order valence-corrected chi connectivity index (χ4v) is 2.07. The largest absolute Gasteiger partial charge is 0.347 e. The standard InChI is InChI=1S/C16H18N2O3/c1-18(21-2)16(20)11-17-15(19)10-13-8-5-7-12-6-3-4-9-14(12)13/h3-9H,10-11H2,1-2H3,(H,17,19). The topological polar surface area (TPSA) is 58.6 Å². The molecule has 0 fully saturated rings. The van der Waals surface area contributed by atoms with Crippen LogP contribution < -0.4 is 5.32 Å². The number of likely N-dealkylation sites (N-methyl/N-ethyl adjacent to an activating group) is 1. The van der Waals surface area contributed by atoms with E-state index in [1.807, 2.05) is 42.5 Å². The highest BCUT2D eigenvalue weighted by atomic mass is 16.7. The number of hydrogen-bond acceptors (Lipinski definition) is 3. The van der Waals surface area contributed by atoms with Gasteiger partial charge in [0, 0.05) is 7.05 Å². The Hall–Kier alpha value is -2.40. The van der Waals surface area contributed by atoms with Gasteiger partial charge in [0.15, 0.2) is 0 Å². The Morgan fingerprint density at radius 2 is 1.86 bits per heavy atom. The maximum Gasteiger partial charge on any atom is 0.265 e. The van der Waals surface area contributed by atoms with Crippen molar-refractivity contribution in [2.75, 3.05) is 20.7 Å². The molecule has 0 heterocycles. The van der Waals surface area contributed by atoms with E-state index in [-0.39, 0.29) is 24.8 Å². The molecule has 2 rings (SSSR count). The van der Waals surface area contributed by atoms with Gasteiger partial charge in [0.2, 0.25) is 5.91 Å². The highest BCUT2D eigenvalue weighted by Crippen LogP contribution is 2.18. The Kier molecular flexibility index (Phi) is 4.90. The molecule has 0 aliphatic rings. The van der Waals surface area contributed by atoms with Crippen LogP contribution in [-0.2, 0) is 20.8 Å². The molecule has 0 unspecified atom stereocenters. The van der Waals surface area contributed by atoms with Gasteiger partial charge in [0.25, 0.3) is 5.91 Å². The second-order valence-corrected chi connectivity index (χ2v) is 4.67. The molecular weight excluding hydrogens is 268 g/mol. The molecule has 2 aromatic carbocycles. The van der Waals surface area contributed by atoms with Gasteiger partial charge in [-0.15, -0.1) is 0 Å². The molecule has 110 valence electrons. The average Bonchev–Trinajstić information content (AvgIpc) is 2.52. The Balaban J connectivity index is 2.00. The van der Waals surface area contributed by atoms with Crippen molar-refractivity contribution in [3.05, 3.63) is 48.0 Å². The van der Waals surface area contributed by atoms with Gasteiger partial charge in [-0.2, -0.15) is 0 Å². The minimum Gasteiger partial charge on any atom is -0.347 e. The lowest BCUT2D eigenvalue weighted by Gasteiger charge is -2.14. The second kappa shape index (κ2) is 6.85. The van der Waals surface area contributed by atoms with Crippen LogP contribution in [0.1, 0.15) is 5.56 Å². The Labute approximate surface area is 123 Å². The van der Waals surface area contributed by atoms with Crippen molar-refractivity contribution in [2.24, 2.45) is 0 Å². The minimum atomic E-state index is -0.302. The van der Waals surface area contributed by atoms with Crippen LogP contribution >= 0.6 is 0 Å². The number of hydroxylamine groups is 2. The van der Waals surface area contributed by atoms with Crippen LogP contribution in [0.3, 0.4) is 0 Å². The third-order valence-electron chi connectivity index (χ3n) is 3.29. The Morgan fingerprint density at radius 3 is 2.62 bits per heavy atom. The molecular formula is C16H18N2O3. The molecule has 0 radical (unpaired) electrons. The van der Waals surface area contributed by atoms with Crippen LogP contribution in [0.4, 0.5) is 0 Å². The quantitative estimate of drug-likeness (QED) is 0.848. The molecule has 2 aromatic rings. The number of rotatable bonds is 5. The van der Waals surface area contributed by atoms with E-state index in [2.05, 4.69) is 5.32 Å². The molecule has 21 heavy (non-hydrogen) atoms. The summed E-state index contributed by atoms with van der Waals surface area (Å²) in [6.07, 6.45) is 0.241. The van der Waals surface area contributed by atoms with Crippen molar-refractivity contribution in [1.29, 1.82) is 0 Å². The van der Waals surface area contributed by atoms with Crippen molar-refractivity contribution in [3.8, 4) is 0 Å². The maximum atomic E-state index is 11.9. The first-order valence-electron chi connectivity index (χ1n) is 6.66. The van der Waals surface area contributed by atoms with Crippen molar-refractivity contribution in [1.82, 2.24) is 10.4 Å². The van der Waals surface area contributed by atoms with Gasteiger partial charge in [-0.25, -0.2) is 5.06 Å². The Morgan fingerprint density at radius 1 is 1.14 bits per heavy atom. The van der Waals surface area contributed by atoms with E-state index in [9.17, 15) is 9.59 Å². The number of carbonyl (C=O) groups excluding carboxylic acids is 2. The predicted octanol–water partition coefficient (Wildman–Crippen LogP) is 1.52. The van der Waals surface area contributed by atoms with Crippen LogP contribution in [0.25, 0.3) is 10.8 Å². The van der Waals surface area contributed by atoms with Crippen molar-refractivity contribution in [2.45, 2.75) is 6.42 Å². The summed E-state index contributed by atoms with van der Waals surface area (Å²) < 4.78 is 0. The van der Waals surface area contributed by atoms with Crippen LogP contribution in [0.5, 0.6) is 0 Å². The van der Waals surface area contributed by atoms with E-state index in [0.717, 1.165) is 21.4 Å². The van der Waals surface area contributed by atoms with Crippen LogP contribution in [0.2, 0.25) is 0 Å². The fourth-order valence-electron chi connectivity index (χ4n) is 2.07. The van der Waals surface area contributed by atoms with Crippen LogP contribution in [0, 0.1) is 0 Å². The summed E-state index contributed by atoms with van der Waals surface area (Å²) in [5.41, 5.74) is 0.943. The van der Waals surface area contributed by atoms with Crippen LogP contribution in [0.15, 0.2) is 42.5 Å². The number of carbonyl (C=O) groups is 2. The van der Waals surface area contributed by atoms with E-state index in [1.165, 1.54) is 14.2 Å². The molecule has 2 amide bonds. The number of nitrogens with one attached hydrogen (secondary N) is 1. The summed E-state index contributed by atoms with van der Waals surface area (Å²) in [6.45, 7) is -0.0755. The Bertz CT molecular complexity index is 650. The van der Waals surface area contributed by atoms with E-state index >= 15 is 0 Å². The zero-order valence-corrected chi connectivity index (χ0v) is 12.1. The SMILES string of the molecule is CON(C)C(=O)CNC(=O)Cc1cccc2ccccc12. The first kappa shape index (κ1) is 15.0. The van der Waals surface area contributed by atoms with E-state index in [1.54, 1.807) is 0 Å².